The van der Waals surface area contributed by atoms with Gasteiger partial charge in [-0.25, -0.2) is 9.36 Å². The predicted molar refractivity (Wildman–Crippen MR) is 138 cm³/mol. The van der Waals surface area contributed by atoms with Crippen molar-refractivity contribution in [2.45, 2.75) is 52.1 Å². The fourth-order valence-corrected chi connectivity index (χ4v) is 4.38. The molecule has 2 unspecified atom stereocenters. The van der Waals surface area contributed by atoms with Gasteiger partial charge in [0.15, 0.2) is 0 Å². The summed E-state index contributed by atoms with van der Waals surface area (Å²) in [5.74, 6) is -5.10. The van der Waals surface area contributed by atoms with Crippen LogP contribution in [0.15, 0.2) is 48.5 Å². The fourth-order valence-electron chi connectivity index (χ4n) is 3.98. The van der Waals surface area contributed by atoms with Crippen LogP contribution < -0.4 is 20.1 Å². The van der Waals surface area contributed by atoms with Gasteiger partial charge in [-0.2, -0.15) is 0 Å². The van der Waals surface area contributed by atoms with Crippen molar-refractivity contribution in [3.8, 4) is 5.75 Å². The van der Waals surface area contributed by atoms with Gasteiger partial charge in [0.25, 0.3) is 0 Å². The second-order valence-electron chi connectivity index (χ2n) is 8.58. The SMILES string of the molecule is CCC(=O)NC(NC(C)=O)(C(=O)O)C(CC(=O)N(CC)c1ccc(C)cc1)c1ccc(OP(=O)(O)O)cc1. The molecule has 0 saturated carbocycles. The number of phosphoric acid groups is 1. The lowest BCUT2D eigenvalue weighted by Gasteiger charge is -2.39. The van der Waals surface area contributed by atoms with E-state index in [0.29, 0.717) is 5.69 Å². The number of nitrogens with one attached hydrogen (secondary N) is 2. The molecule has 12 nitrogen and oxygen atoms in total. The maximum atomic E-state index is 13.6. The maximum absolute atomic E-state index is 13.6. The van der Waals surface area contributed by atoms with Crippen LogP contribution in [0.2, 0.25) is 0 Å². The number of aryl methyl sites for hydroxylation is 1. The molecule has 206 valence electrons. The summed E-state index contributed by atoms with van der Waals surface area (Å²) in [4.78, 5) is 70.6. The molecule has 0 spiro atoms. The Kier molecular flexibility index (Phi) is 10.2. The third-order valence-corrected chi connectivity index (χ3v) is 6.19. The average molecular weight is 550 g/mol. The molecule has 0 aliphatic rings. The topological polar surface area (TPSA) is 183 Å². The molecule has 0 heterocycles. The highest BCUT2D eigenvalue weighted by molar-refractivity contribution is 7.46. The van der Waals surface area contributed by atoms with Gasteiger partial charge in [-0.3, -0.25) is 24.2 Å². The number of benzene rings is 2. The lowest BCUT2D eigenvalue weighted by atomic mass is 9.82. The molecule has 0 fully saturated rings. The molecule has 0 aliphatic carbocycles. The van der Waals surface area contributed by atoms with E-state index in [1.165, 1.54) is 36.1 Å². The fraction of sp³-hybridized carbons (Fsp3) is 0.360. The summed E-state index contributed by atoms with van der Waals surface area (Å²) in [6, 6.07) is 12.1. The van der Waals surface area contributed by atoms with Crippen LogP contribution in [0.4, 0.5) is 5.69 Å². The van der Waals surface area contributed by atoms with Gasteiger partial charge in [0, 0.05) is 37.9 Å². The van der Waals surface area contributed by atoms with E-state index < -0.39 is 49.5 Å². The van der Waals surface area contributed by atoms with E-state index in [2.05, 4.69) is 15.2 Å². The van der Waals surface area contributed by atoms with Crippen LogP contribution in [-0.4, -0.2) is 50.8 Å². The van der Waals surface area contributed by atoms with Crippen LogP contribution in [0, 0.1) is 6.92 Å². The van der Waals surface area contributed by atoms with E-state index in [-0.39, 0.29) is 24.3 Å². The van der Waals surface area contributed by atoms with E-state index in [1.54, 1.807) is 19.1 Å². The zero-order chi connectivity index (χ0) is 28.7. The molecule has 5 N–H and O–H groups in total. The summed E-state index contributed by atoms with van der Waals surface area (Å²) >= 11 is 0. The van der Waals surface area contributed by atoms with Gasteiger partial charge >= 0.3 is 13.8 Å². The molecule has 0 bridgehead atoms. The third-order valence-electron chi connectivity index (χ3n) is 5.74. The molecule has 2 rings (SSSR count). The van der Waals surface area contributed by atoms with Gasteiger partial charge in [-0.15, -0.1) is 0 Å². The Balaban J connectivity index is 2.65. The molecule has 0 radical (unpaired) electrons. The number of nitrogens with zero attached hydrogens (tertiary/aromatic N) is 1. The molecular weight excluding hydrogens is 517 g/mol. The molecule has 2 aromatic rings. The summed E-state index contributed by atoms with van der Waals surface area (Å²) in [5.41, 5.74) is -0.688. The molecule has 2 atom stereocenters. The highest BCUT2D eigenvalue weighted by Crippen LogP contribution is 2.39. The zero-order valence-corrected chi connectivity index (χ0v) is 22.4. The number of carboxylic acids is 1. The van der Waals surface area contributed by atoms with Crippen LogP contribution in [0.25, 0.3) is 0 Å². The number of phosphoric ester groups is 1. The Hall–Kier alpha value is -3.73. The smallest absolute Gasteiger partial charge is 0.478 e. The molecule has 3 amide bonds. The van der Waals surface area contributed by atoms with Gasteiger partial charge < -0.3 is 25.2 Å². The van der Waals surface area contributed by atoms with Gasteiger partial charge in [0.2, 0.25) is 23.4 Å². The first-order valence-electron chi connectivity index (χ1n) is 11.8. The summed E-state index contributed by atoms with van der Waals surface area (Å²) < 4.78 is 15.8. The van der Waals surface area contributed by atoms with E-state index in [1.807, 2.05) is 19.1 Å². The molecule has 38 heavy (non-hydrogen) atoms. The van der Waals surface area contributed by atoms with E-state index in [0.717, 1.165) is 12.5 Å². The lowest BCUT2D eigenvalue weighted by Crippen LogP contribution is -2.68. The van der Waals surface area contributed by atoms with Crippen molar-refractivity contribution in [1.82, 2.24) is 10.6 Å². The Morgan fingerprint density at radius 2 is 1.58 bits per heavy atom. The molecule has 0 saturated heterocycles. The molecular formula is C25H32N3O9P. The van der Waals surface area contributed by atoms with E-state index in [4.69, 9.17) is 9.79 Å². The Labute approximate surface area is 220 Å². The first-order chi connectivity index (χ1) is 17.7. The van der Waals surface area contributed by atoms with E-state index in [9.17, 15) is 28.8 Å². The number of anilines is 1. The Bertz CT molecular complexity index is 1210. The number of carbonyl (C=O) groups is 4. The van der Waals surface area contributed by atoms with Crippen molar-refractivity contribution in [3.63, 3.8) is 0 Å². The van der Waals surface area contributed by atoms with Gasteiger partial charge in [-0.05, 0) is 43.7 Å². The standard InChI is InChI=1S/C25H32N3O9P/c1-5-22(30)27-25(24(32)33,26-17(4)29)21(18-9-13-20(14-10-18)37-38(34,35)36)15-23(31)28(6-2)19-11-7-16(3)8-12-19/h7-14,21H,5-6,15H2,1-4H3,(H,26,29)(H,27,30)(H,32,33)(H2,34,35,36). The highest BCUT2D eigenvalue weighted by atomic mass is 31.2. The number of hydrogen-bond donors (Lipinski definition) is 5. The summed E-state index contributed by atoms with van der Waals surface area (Å²) in [6.07, 6.45) is -0.564. The van der Waals surface area contributed by atoms with Crippen LogP contribution in [-0.2, 0) is 23.7 Å². The highest BCUT2D eigenvalue weighted by Gasteiger charge is 2.50. The van der Waals surface area contributed by atoms with Crippen LogP contribution in [0.3, 0.4) is 0 Å². The molecule has 13 heteroatoms. The lowest BCUT2D eigenvalue weighted by molar-refractivity contribution is -0.153. The van der Waals surface area contributed by atoms with Gasteiger partial charge in [0.1, 0.15) is 5.75 Å². The summed E-state index contributed by atoms with van der Waals surface area (Å²) in [5, 5.41) is 15.0. The number of hydrogen-bond acceptors (Lipinski definition) is 6. The van der Waals surface area contributed by atoms with Crippen LogP contribution >= 0.6 is 7.82 Å². The van der Waals surface area contributed by atoms with Crippen molar-refractivity contribution in [3.05, 3.63) is 59.7 Å². The van der Waals surface area contributed by atoms with Gasteiger partial charge in [0.05, 0.1) is 0 Å². The van der Waals surface area contributed by atoms with E-state index >= 15 is 0 Å². The Morgan fingerprint density at radius 1 is 1.00 bits per heavy atom. The van der Waals surface area contributed by atoms with Crippen molar-refractivity contribution in [1.29, 1.82) is 0 Å². The summed E-state index contributed by atoms with van der Waals surface area (Å²) in [7, 11) is -4.86. The van der Waals surface area contributed by atoms with Crippen LogP contribution in [0.1, 0.15) is 50.7 Å². The minimum Gasteiger partial charge on any atom is -0.478 e. The largest absolute Gasteiger partial charge is 0.524 e. The first kappa shape index (κ1) is 30.5. The second-order valence-corrected chi connectivity index (χ2v) is 9.74. The summed E-state index contributed by atoms with van der Waals surface area (Å²) in [6.45, 7) is 6.47. The minimum absolute atomic E-state index is 0.102. The third kappa shape index (κ3) is 7.88. The monoisotopic (exact) mass is 549 g/mol. The van der Waals surface area contributed by atoms with Gasteiger partial charge in [-0.1, -0.05) is 36.8 Å². The normalized spacial score (nSPS) is 13.5. The van der Waals surface area contributed by atoms with Crippen molar-refractivity contribution < 1.29 is 43.2 Å². The maximum Gasteiger partial charge on any atom is 0.524 e. The predicted octanol–water partition coefficient (Wildman–Crippen LogP) is 2.44. The first-order valence-corrected chi connectivity index (χ1v) is 13.3. The zero-order valence-electron chi connectivity index (χ0n) is 21.5. The number of aliphatic carboxylic acids is 1. The number of carboxylic acid groups (broad SMARTS) is 1. The Morgan fingerprint density at radius 3 is 2.03 bits per heavy atom. The average Bonchev–Trinajstić information content (AvgIpc) is 2.82. The number of amides is 3. The molecule has 2 aromatic carbocycles. The van der Waals surface area contributed by atoms with Crippen molar-refractivity contribution in [2.24, 2.45) is 0 Å². The molecule has 0 aliphatic heterocycles. The second kappa shape index (κ2) is 12.7. The quantitative estimate of drug-likeness (QED) is 0.196. The van der Waals surface area contributed by atoms with Crippen molar-refractivity contribution >= 4 is 37.2 Å². The molecule has 0 aromatic heterocycles. The minimum atomic E-state index is -4.86. The van der Waals surface area contributed by atoms with Crippen molar-refractivity contribution in [2.75, 3.05) is 11.4 Å². The number of rotatable bonds is 12. The van der Waals surface area contributed by atoms with Crippen LogP contribution in [0.5, 0.6) is 5.75 Å². The number of carbonyl (C=O) groups excluding carboxylic acids is 3.